The molecule has 2 heterocycles. The van der Waals surface area contributed by atoms with Gasteiger partial charge in [0.15, 0.2) is 0 Å². The van der Waals surface area contributed by atoms with Gasteiger partial charge >= 0.3 is 33.0 Å². The summed E-state index contributed by atoms with van der Waals surface area (Å²) < 4.78 is 0. The van der Waals surface area contributed by atoms with Gasteiger partial charge in [0, 0.05) is 0 Å². The maximum atomic E-state index is 10.3. The normalized spacial score (nSPS) is 8.30. The van der Waals surface area contributed by atoms with Crippen molar-refractivity contribution in [1.29, 1.82) is 0 Å². The van der Waals surface area contributed by atoms with Gasteiger partial charge in [-0.1, -0.05) is 12.1 Å². The Morgan fingerprint density at radius 3 is 1.15 bits per heavy atom. The van der Waals surface area contributed by atoms with Crippen LogP contribution in [0.15, 0.2) is 36.4 Å². The Kier molecular flexibility index (Phi) is 13.8. The molecule has 0 spiro atoms. The van der Waals surface area contributed by atoms with Crippen molar-refractivity contribution < 1.29 is 71.6 Å². The fourth-order valence-corrected chi connectivity index (χ4v) is 1.34. The van der Waals surface area contributed by atoms with Crippen LogP contribution in [0.1, 0.15) is 42.0 Å². The fraction of sp³-hybridized carbons (Fsp3) is 0. The van der Waals surface area contributed by atoms with Crippen LogP contribution in [0.25, 0.3) is 0 Å². The minimum atomic E-state index is -1.49. The molecule has 0 amide bonds. The maximum absolute atomic E-state index is 10.3. The van der Waals surface area contributed by atoms with Crippen LogP contribution in [0, 0.1) is 0 Å². The number of carbonyl (C=O) groups is 4. The first kappa shape index (κ1) is 28.6. The second-order valence-electron chi connectivity index (χ2n) is 4.00. The summed E-state index contributed by atoms with van der Waals surface area (Å²) in [6.45, 7) is 0. The molecule has 0 radical (unpaired) electrons. The van der Waals surface area contributed by atoms with Gasteiger partial charge < -0.3 is 41.0 Å². The third-order valence-electron chi connectivity index (χ3n) is 2.35. The maximum Gasteiger partial charge on any atom is 2.00 e. The monoisotopic (exact) mass is 563 g/mol. The summed E-state index contributed by atoms with van der Waals surface area (Å²) in [4.78, 5) is 47.6. The topological polar surface area (TPSA) is 244 Å². The van der Waals surface area contributed by atoms with E-state index in [1.165, 1.54) is 36.4 Å². The predicted octanol–water partition coefficient (Wildman–Crippen LogP) is -3.37. The summed E-state index contributed by atoms with van der Waals surface area (Å²) in [7, 11) is 0. The van der Waals surface area contributed by atoms with Gasteiger partial charge in [-0.25, -0.2) is 19.6 Å². The molecule has 0 saturated heterocycles. The van der Waals surface area contributed by atoms with E-state index in [1.54, 1.807) is 0 Å². The summed E-state index contributed by atoms with van der Waals surface area (Å²) in [5.74, 6) is -5.51. The van der Waals surface area contributed by atoms with E-state index in [0.29, 0.717) is 0 Å². The Labute approximate surface area is 165 Å². The number of rotatable bonds is 4. The second kappa shape index (κ2) is 13.1. The quantitative estimate of drug-likeness (QED) is 0.374. The van der Waals surface area contributed by atoms with Crippen molar-refractivity contribution in [1.82, 2.24) is 9.97 Å². The molecule has 0 atom stereocenters. The van der Waals surface area contributed by atoms with E-state index in [9.17, 15) is 29.4 Å². The Balaban J connectivity index is -0.000000384. The van der Waals surface area contributed by atoms with Crippen molar-refractivity contribution in [3.05, 3.63) is 59.2 Å². The SMILES string of the molecule is O.O.O=C([O-])c1cccc(C(=O)O)n1.O=C([O-])c1cccc(C(=O)O)n1.[Pt+2]. The molecule has 0 unspecified atom stereocenters. The number of aromatic carboxylic acids is 4. The minimum Gasteiger partial charge on any atom is -0.543 e. The average molecular weight is 563 g/mol. The van der Waals surface area contributed by atoms with E-state index in [4.69, 9.17) is 10.2 Å². The van der Waals surface area contributed by atoms with Crippen LogP contribution in [0.2, 0.25) is 0 Å². The summed E-state index contributed by atoms with van der Waals surface area (Å²) >= 11 is 0. The molecule has 27 heavy (non-hydrogen) atoms. The molecule has 13 heteroatoms. The van der Waals surface area contributed by atoms with Crippen LogP contribution in [0.4, 0.5) is 0 Å². The molecule has 0 aromatic carbocycles. The summed E-state index contributed by atoms with van der Waals surface area (Å²) in [5, 5.41) is 37.2. The second-order valence-corrected chi connectivity index (χ2v) is 4.00. The number of carboxylic acids is 4. The van der Waals surface area contributed by atoms with Gasteiger partial charge in [0.05, 0.1) is 23.3 Å². The summed E-state index contributed by atoms with van der Waals surface area (Å²) in [6.07, 6.45) is 0. The number of hydrogen-bond acceptors (Lipinski definition) is 8. The van der Waals surface area contributed by atoms with Crippen molar-refractivity contribution in [2.45, 2.75) is 0 Å². The van der Waals surface area contributed by atoms with E-state index in [1.807, 2.05) is 0 Å². The van der Waals surface area contributed by atoms with Crippen molar-refractivity contribution >= 4 is 23.9 Å². The Hall–Kier alpha value is -3.21. The van der Waals surface area contributed by atoms with Gasteiger partial charge in [-0.3, -0.25) is 0 Å². The van der Waals surface area contributed by atoms with Crippen molar-refractivity contribution in [3.63, 3.8) is 0 Å². The first-order valence-electron chi connectivity index (χ1n) is 6.05. The van der Waals surface area contributed by atoms with Crippen molar-refractivity contribution in [3.8, 4) is 0 Å². The van der Waals surface area contributed by atoms with Crippen LogP contribution >= 0.6 is 0 Å². The largest absolute Gasteiger partial charge is 2.00 e. The van der Waals surface area contributed by atoms with Gasteiger partial charge in [0.2, 0.25) is 0 Å². The van der Waals surface area contributed by atoms with Gasteiger partial charge in [-0.15, -0.1) is 0 Å². The summed E-state index contributed by atoms with van der Waals surface area (Å²) in [6, 6.07) is 7.33. The van der Waals surface area contributed by atoms with Gasteiger partial charge in [-0.05, 0) is 24.3 Å². The molecule has 0 aliphatic rings. The molecular formula is C14H12N2O10Pt. The van der Waals surface area contributed by atoms with Crippen LogP contribution < -0.4 is 10.2 Å². The Morgan fingerprint density at radius 2 is 0.926 bits per heavy atom. The molecule has 0 aliphatic carbocycles. The third kappa shape index (κ3) is 9.16. The third-order valence-corrected chi connectivity index (χ3v) is 2.35. The van der Waals surface area contributed by atoms with E-state index in [-0.39, 0.29) is 54.8 Å². The first-order valence-corrected chi connectivity index (χ1v) is 6.05. The predicted molar refractivity (Wildman–Crippen MR) is 78.3 cm³/mol. The molecule has 0 fully saturated rings. The molecule has 6 N–H and O–H groups in total. The van der Waals surface area contributed by atoms with Crippen molar-refractivity contribution in [2.24, 2.45) is 0 Å². The molecule has 0 aliphatic heterocycles. The molecule has 2 rings (SSSR count). The Bertz CT molecular complexity index is 686. The zero-order chi connectivity index (χ0) is 18.3. The summed E-state index contributed by atoms with van der Waals surface area (Å²) in [5.41, 5.74) is -1.38. The number of carbonyl (C=O) groups excluding carboxylic acids is 2. The number of pyridine rings is 2. The zero-order valence-corrected chi connectivity index (χ0v) is 15.3. The van der Waals surface area contributed by atoms with Crippen LogP contribution in [-0.2, 0) is 21.1 Å². The van der Waals surface area contributed by atoms with E-state index in [0.717, 1.165) is 0 Å². The molecule has 0 bridgehead atoms. The fourth-order valence-electron chi connectivity index (χ4n) is 1.34. The molecule has 2 aromatic heterocycles. The first-order chi connectivity index (χ1) is 11.2. The van der Waals surface area contributed by atoms with E-state index < -0.39 is 23.9 Å². The van der Waals surface area contributed by atoms with Crippen LogP contribution in [0.5, 0.6) is 0 Å². The standard InChI is InChI=1S/2C7H5NO4.2H2O.Pt/c2*9-6(10)4-2-1-3-5(8-4)7(11)12;;;/h2*1-3H,(H,9,10)(H,11,12);2*1H2;/q;;;;+2/p-2. The molecule has 0 saturated carbocycles. The van der Waals surface area contributed by atoms with Gasteiger partial charge in [0.1, 0.15) is 11.4 Å². The zero-order valence-electron chi connectivity index (χ0n) is 13.0. The van der Waals surface area contributed by atoms with Gasteiger partial charge in [0.25, 0.3) is 0 Å². The number of nitrogens with zero attached hydrogens (tertiary/aromatic N) is 2. The number of hydrogen-bond donors (Lipinski definition) is 2. The van der Waals surface area contributed by atoms with Crippen LogP contribution in [0.3, 0.4) is 0 Å². The average Bonchev–Trinajstić information content (AvgIpc) is 2.55. The molecule has 12 nitrogen and oxygen atoms in total. The van der Waals surface area contributed by atoms with E-state index in [2.05, 4.69) is 9.97 Å². The minimum absolute atomic E-state index is 0. The number of aromatic nitrogens is 2. The van der Waals surface area contributed by atoms with Gasteiger partial charge in [-0.2, -0.15) is 0 Å². The van der Waals surface area contributed by atoms with Crippen LogP contribution in [-0.4, -0.2) is 55.0 Å². The smallest absolute Gasteiger partial charge is 0.543 e. The molecule has 2 aromatic rings. The Morgan fingerprint density at radius 1 is 0.667 bits per heavy atom. The van der Waals surface area contributed by atoms with Crippen molar-refractivity contribution in [2.75, 3.05) is 0 Å². The van der Waals surface area contributed by atoms with E-state index >= 15 is 0 Å². The number of carboxylic acid groups (broad SMARTS) is 4. The molecule has 148 valence electrons. The molecular weight excluding hydrogens is 551 g/mol.